The molecule has 1 aromatic rings. The van der Waals surface area contributed by atoms with Crippen LogP contribution in [0.15, 0.2) is 24.3 Å². The molecule has 0 spiro atoms. The van der Waals surface area contributed by atoms with Gasteiger partial charge in [-0.15, -0.1) is 0 Å². The van der Waals surface area contributed by atoms with Gasteiger partial charge in [0.15, 0.2) is 0 Å². The highest BCUT2D eigenvalue weighted by Crippen LogP contribution is 2.21. The second kappa shape index (κ2) is 8.43. The number of hydrogen-bond acceptors (Lipinski definition) is 2. The number of piperidine rings is 1. The molecule has 0 bridgehead atoms. The van der Waals surface area contributed by atoms with Crippen LogP contribution in [-0.4, -0.2) is 24.5 Å². The summed E-state index contributed by atoms with van der Waals surface area (Å²) in [4.78, 5) is 2.64. The first-order valence-corrected chi connectivity index (χ1v) is 8.32. The summed E-state index contributed by atoms with van der Waals surface area (Å²) < 4.78 is 0. The lowest BCUT2D eigenvalue weighted by molar-refractivity contribution is 0.164. The van der Waals surface area contributed by atoms with Crippen molar-refractivity contribution in [2.45, 2.75) is 52.6 Å². The molecule has 0 saturated carbocycles. The monoisotopic (exact) mass is 274 g/mol. The van der Waals surface area contributed by atoms with E-state index in [4.69, 9.17) is 0 Å². The molecule has 1 fully saturated rings. The molecule has 1 aliphatic heterocycles. The molecule has 1 aliphatic rings. The van der Waals surface area contributed by atoms with Crippen LogP contribution in [0, 0.1) is 5.92 Å². The fraction of sp³-hybridized carbons (Fsp3) is 0.667. The van der Waals surface area contributed by atoms with E-state index in [1.807, 2.05) is 0 Å². The van der Waals surface area contributed by atoms with E-state index in [9.17, 15) is 0 Å². The van der Waals surface area contributed by atoms with Crippen molar-refractivity contribution in [3.63, 3.8) is 0 Å². The highest BCUT2D eigenvalue weighted by molar-refractivity contribution is 5.23. The van der Waals surface area contributed by atoms with E-state index >= 15 is 0 Å². The molecule has 0 aromatic heterocycles. The Balaban J connectivity index is 1.87. The number of rotatable bonds is 7. The van der Waals surface area contributed by atoms with Gasteiger partial charge in [0.05, 0.1) is 0 Å². The third-order valence-corrected chi connectivity index (χ3v) is 4.33. The van der Waals surface area contributed by atoms with E-state index < -0.39 is 0 Å². The topological polar surface area (TPSA) is 15.3 Å². The van der Waals surface area contributed by atoms with Gasteiger partial charge in [0.2, 0.25) is 0 Å². The van der Waals surface area contributed by atoms with Crippen molar-refractivity contribution < 1.29 is 0 Å². The van der Waals surface area contributed by atoms with Gasteiger partial charge in [-0.2, -0.15) is 0 Å². The van der Waals surface area contributed by atoms with Crippen LogP contribution in [0.2, 0.25) is 0 Å². The summed E-state index contributed by atoms with van der Waals surface area (Å²) in [5.41, 5.74) is 2.89. The molecule has 0 radical (unpaired) electrons. The predicted molar refractivity (Wildman–Crippen MR) is 86.7 cm³/mol. The lowest BCUT2D eigenvalue weighted by Crippen LogP contribution is -2.34. The first-order valence-electron chi connectivity index (χ1n) is 8.32. The Morgan fingerprint density at radius 2 is 2.10 bits per heavy atom. The lowest BCUT2D eigenvalue weighted by atomic mass is 9.95. The summed E-state index contributed by atoms with van der Waals surface area (Å²) in [6.07, 6.45) is 5.33. The molecule has 0 amide bonds. The Kier molecular flexibility index (Phi) is 6.55. The Hall–Kier alpha value is -0.860. The van der Waals surface area contributed by atoms with Gasteiger partial charge in [0, 0.05) is 19.6 Å². The van der Waals surface area contributed by atoms with Gasteiger partial charge in [-0.1, -0.05) is 44.5 Å². The SMILES string of the molecule is CCCNCc1cccc(CN2CCCC(CC)C2)c1. The molecular weight excluding hydrogens is 244 g/mol. The van der Waals surface area contributed by atoms with E-state index in [1.165, 1.54) is 49.9 Å². The van der Waals surface area contributed by atoms with E-state index in [0.29, 0.717) is 0 Å². The molecular formula is C18H30N2. The summed E-state index contributed by atoms with van der Waals surface area (Å²) >= 11 is 0. The number of hydrogen-bond donors (Lipinski definition) is 1. The molecule has 2 heteroatoms. The van der Waals surface area contributed by atoms with Gasteiger partial charge >= 0.3 is 0 Å². The molecule has 1 heterocycles. The van der Waals surface area contributed by atoms with E-state index in [2.05, 4.69) is 48.3 Å². The largest absolute Gasteiger partial charge is 0.313 e. The van der Waals surface area contributed by atoms with Crippen molar-refractivity contribution in [1.29, 1.82) is 0 Å². The first kappa shape index (κ1) is 15.5. The van der Waals surface area contributed by atoms with Gasteiger partial charge in [-0.25, -0.2) is 0 Å². The van der Waals surface area contributed by atoms with Crippen molar-refractivity contribution in [2.75, 3.05) is 19.6 Å². The minimum absolute atomic E-state index is 0.915. The van der Waals surface area contributed by atoms with Gasteiger partial charge in [0.25, 0.3) is 0 Å². The summed E-state index contributed by atoms with van der Waals surface area (Å²) in [6, 6.07) is 9.09. The zero-order valence-electron chi connectivity index (χ0n) is 13.2. The van der Waals surface area contributed by atoms with Crippen LogP contribution in [0.1, 0.15) is 50.7 Å². The zero-order chi connectivity index (χ0) is 14.2. The predicted octanol–water partition coefficient (Wildman–Crippen LogP) is 3.81. The van der Waals surface area contributed by atoms with Crippen LogP contribution in [0.25, 0.3) is 0 Å². The molecule has 1 unspecified atom stereocenters. The van der Waals surface area contributed by atoms with Crippen LogP contribution >= 0.6 is 0 Å². The average Bonchev–Trinajstić information content (AvgIpc) is 2.48. The summed E-state index contributed by atoms with van der Waals surface area (Å²) in [5.74, 6) is 0.915. The molecule has 20 heavy (non-hydrogen) atoms. The molecule has 1 saturated heterocycles. The van der Waals surface area contributed by atoms with Gasteiger partial charge in [-0.3, -0.25) is 4.90 Å². The quantitative estimate of drug-likeness (QED) is 0.761. The molecule has 1 N–H and O–H groups in total. The fourth-order valence-corrected chi connectivity index (χ4v) is 3.13. The highest BCUT2D eigenvalue weighted by atomic mass is 15.1. The third kappa shape index (κ3) is 4.92. The summed E-state index contributed by atoms with van der Waals surface area (Å²) in [7, 11) is 0. The van der Waals surface area contributed by atoms with Crippen LogP contribution in [0.4, 0.5) is 0 Å². The summed E-state index contributed by atoms with van der Waals surface area (Å²) in [6.45, 7) is 10.3. The average molecular weight is 274 g/mol. The van der Waals surface area contributed by atoms with Gasteiger partial charge < -0.3 is 5.32 Å². The lowest BCUT2D eigenvalue weighted by Gasteiger charge is -2.32. The van der Waals surface area contributed by atoms with E-state index in [-0.39, 0.29) is 0 Å². The minimum Gasteiger partial charge on any atom is -0.313 e. The zero-order valence-corrected chi connectivity index (χ0v) is 13.2. The maximum atomic E-state index is 3.48. The standard InChI is InChI=1S/C18H30N2/c1-3-10-19-13-17-7-5-8-18(12-17)15-20-11-6-9-16(4-2)14-20/h5,7-8,12,16,19H,3-4,6,9-11,13-15H2,1-2H3. The molecule has 2 nitrogen and oxygen atoms in total. The van der Waals surface area contributed by atoms with Crippen molar-refractivity contribution in [1.82, 2.24) is 10.2 Å². The molecule has 0 aliphatic carbocycles. The van der Waals surface area contributed by atoms with Gasteiger partial charge in [-0.05, 0) is 49.4 Å². The third-order valence-electron chi connectivity index (χ3n) is 4.33. The van der Waals surface area contributed by atoms with E-state index in [0.717, 1.165) is 25.6 Å². The normalized spacial score (nSPS) is 20.2. The number of likely N-dealkylation sites (tertiary alicyclic amines) is 1. The molecule has 112 valence electrons. The maximum Gasteiger partial charge on any atom is 0.0233 e. The minimum atomic E-state index is 0.915. The molecule has 2 rings (SSSR count). The van der Waals surface area contributed by atoms with Crippen LogP contribution in [0.3, 0.4) is 0 Å². The molecule has 1 atom stereocenters. The number of nitrogens with one attached hydrogen (secondary N) is 1. The van der Waals surface area contributed by atoms with Crippen LogP contribution in [0.5, 0.6) is 0 Å². The highest BCUT2D eigenvalue weighted by Gasteiger charge is 2.18. The molecule has 1 aromatic carbocycles. The van der Waals surface area contributed by atoms with Crippen molar-refractivity contribution in [3.05, 3.63) is 35.4 Å². The van der Waals surface area contributed by atoms with E-state index in [1.54, 1.807) is 0 Å². The van der Waals surface area contributed by atoms with Gasteiger partial charge in [0.1, 0.15) is 0 Å². The Morgan fingerprint density at radius 1 is 1.25 bits per heavy atom. The Bertz CT molecular complexity index is 389. The Labute approximate surface area is 124 Å². The van der Waals surface area contributed by atoms with Crippen LogP contribution < -0.4 is 5.32 Å². The smallest absolute Gasteiger partial charge is 0.0233 e. The van der Waals surface area contributed by atoms with Crippen molar-refractivity contribution >= 4 is 0 Å². The Morgan fingerprint density at radius 3 is 2.90 bits per heavy atom. The van der Waals surface area contributed by atoms with Crippen LogP contribution in [-0.2, 0) is 13.1 Å². The summed E-state index contributed by atoms with van der Waals surface area (Å²) in [5, 5.41) is 3.48. The second-order valence-electron chi connectivity index (χ2n) is 6.15. The first-order chi connectivity index (χ1) is 9.81. The number of benzene rings is 1. The number of nitrogens with zero attached hydrogens (tertiary/aromatic N) is 1. The maximum absolute atomic E-state index is 3.48. The van der Waals surface area contributed by atoms with Crippen molar-refractivity contribution in [2.24, 2.45) is 5.92 Å². The van der Waals surface area contributed by atoms with Crippen molar-refractivity contribution in [3.8, 4) is 0 Å². The fourth-order valence-electron chi connectivity index (χ4n) is 3.13. The second-order valence-corrected chi connectivity index (χ2v) is 6.15.